The maximum Gasteiger partial charge on any atom is 0.433 e. The van der Waals surface area contributed by atoms with Gasteiger partial charge in [-0.2, -0.15) is 18.2 Å². The molecule has 5 nitrogen and oxygen atoms in total. The van der Waals surface area contributed by atoms with Crippen LogP contribution in [0.1, 0.15) is 31.4 Å². The minimum absolute atomic E-state index is 0.229. The first-order valence-electron chi connectivity index (χ1n) is 6.54. The van der Waals surface area contributed by atoms with Crippen molar-refractivity contribution in [1.82, 2.24) is 9.97 Å². The van der Waals surface area contributed by atoms with Gasteiger partial charge in [-0.1, -0.05) is 12.8 Å². The van der Waals surface area contributed by atoms with Crippen LogP contribution >= 0.6 is 0 Å². The Hall–Kier alpha value is -1.57. The summed E-state index contributed by atoms with van der Waals surface area (Å²) in [4.78, 5) is 9.05. The molecular formula is C12H18F3N5. The maximum atomic E-state index is 12.8. The third-order valence-corrected chi connectivity index (χ3v) is 3.53. The molecule has 1 saturated carbocycles. The summed E-state index contributed by atoms with van der Waals surface area (Å²) in [6.07, 6.45) is 0.0853. The van der Waals surface area contributed by atoms with Gasteiger partial charge in [0.25, 0.3) is 0 Å². The lowest BCUT2D eigenvalue weighted by Crippen LogP contribution is -2.26. The average Bonchev–Trinajstić information content (AvgIpc) is 2.90. The summed E-state index contributed by atoms with van der Waals surface area (Å²) in [5.74, 6) is 5.65. The molecule has 0 radical (unpaired) electrons. The molecule has 0 spiro atoms. The Labute approximate surface area is 115 Å². The van der Waals surface area contributed by atoms with E-state index >= 15 is 0 Å². The highest BCUT2D eigenvalue weighted by Crippen LogP contribution is 2.31. The van der Waals surface area contributed by atoms with E-state index in [0.717, 1.165) is 18.9 Å². The van der Waals surface area contributed by atoms with E-state index in [-0.39, 0.29) is 11.8 Å². The second-order valence-corrected chi connectivity index (χ2v) is 5.11. The lowest BCUT2D eigenvalue weighted by Gasteiger charge is -2.23. The number of rotatable bonds is 4. The Morgan fingerprint density at radius 2 is 2.00 bits per heavy atom. The summed E-state index contributed by atoms with van der Waals surface area (Å²) in [6.45, 7) is 0.693. The zero-order valence-electron chi connectivity index (χ0n) is 11.2. The number of nitrogens with two attached hydrogens (primary N) is 1. The molecule has 8 heteroatoms. The predicted octanol–water partition coefficient (Wildman–Crippen LogP) is 2.41. The summed E-state index contributed by atoms with van der Waals surface area (Å²) in [7, 11) is 1.74. The van der Waals surface area contributed by atoms with Crippen molar-refractivity contribution in [3.63, 3.8) is 0 Å². The first-order chi connectivity index (χ1) is 9.40. The first kappa shape index (κ1) is 14.8. The molecule has 1 aromatic heterocycles. The smallest absolute Gasteiger partial charge is 0.359 e. The molecule has 0 amide bonds. The number of nitrogens with zero attached hydrogens (tertiary/aromatic N) is 3. The summed E-state index contributed by atoms with van der Waals surface area (Å²) < 4.78 is 38.3. The maximum absolute atomic E-state index is 12.8. The van der Waals surface area contributed by atoms with Gasteiger partial charge in [0.15, 0.2) is 5.69 Å². The van der Waals surface area contributed by atoms with Gasteiger partial charge in [-0.25, -0.2) is 10.8 Å². The largest absolute Gasteiger partial charge is 0.433 e. The third-order valence-electron chi connectivity index (χ3n) is 3.53. The van der Waals surface area contributed by atoms with Gasteiger partial charge < -0.3 is 4.90 Å². The second-order valence-electron chi connectivity index (χ2n) is 5.11. The molecule has 1 aromatic rings. The van der Waals surface area contributed by atoms with E-state index in [2.05, 4.69) is 15.4 Å². The van der Waals surface area contributed by atoms with Gasteiger partial charge in [0, 0.05) is 19.7 Å². The molecule has 0 bridgehead atoms. The Kier molecular flexibility index (Phi) is 4.32. The van der Waals surface area contributed by atoms with Gasteiger partial charge >= 0.3 is 6.18 Å². The number of aromatic nitrogens is 2. The number of hydrogen-bond donors (Lipinski definition) is 2. The number of alkyl halides is 3. The number of anilines is 2. The van der Waals surface area contributed by atoms with Gasteiger partial charge in [0.1, 0.15) is 5.82 Å². The molecule has 20 heavy (non-hydrogen) atoms. The van der Waals surface area contributed by atoms with Crippen molar-refractivity contribution in [1.29, 1.82) is 0 Å². The summed E-state index contributed by atoms with van der Waals surface area (Å²) >= 11 is 0. The van der Waals surface area contributed by atoms with Crippen LogP contribution in [0.5, 0.6) is 0 Å². The van der Waals surface area contributed by atoms with Crippen LogP contribution in [0.15, 0.2) is 6.07 Å². The highest BCUT2D eigenvalue weighted by Gasteiger charge is 2.34. The van der Waals surface area contributed by atoms with Crippen molar-refractivity contribution in [2.24, 2.45) is 11.8 Å². The summed E-state index contributed by atoms with van der Waals surface area (Å²) in [6, 6.07) is 0.954. The minimum atomic E-state index is -4.52. The fourth-order valence-electron chi connectivity index (χ4n) is 2.51. The summed E-state index contributed by atoms with van der Waals surface area (Å²) in [5.41, 5.74) is 1.09. The van der Waals surface area contributed by atoms with Crippen molar-refractivity contribution in [3.05, 3.63) is 11.8 Å². The molecule has 1 aliphatic rings. The Bertz CT molecular complexity index is 457. The van der Waals surface area contributed by atoms with E-state index in [0.29, 0.717) is 12.5 Å². The van der Waals surface area contributed by atoms with Crippen molar-refractivity contribution in [3.8, 4) is 0 Å². The van der Waals surface area contributed by atoms with Gasteiger partial charge in [-0.15, -0.1) is 0 Å². The van der Waals surface area contributed by atoms with Gasteiger partial charge in [0.05, 0.1) is 0 Å². The van der Waals surface area contributed by atoms with E-state index in [1.807, 2.05) is 0 Å². The van der Waals surface area contributed by atoms with E-state index in [1.165, 1.54) is 12.8 Å². The van der Waals surface area contributed by atoms with Crippen LogP contribution in [0, 0.1) is 5.92 Å². The van der Waals surface area contributed by atoms with Crippen LogP contribution in [0.4, 0.5) is 24.9 Å². The topological polar surface area (TPSA) is 67.1 Å². The zero-order valence-corrected chi connectivity index (χ0v) is 11.2. The van der Waals surface area contributed by atoms with Crippen LogP contribution in [0.3, 0.4) is 0 Å². The van der Waals surface area contributed by atoms with Crippen molar-refractivity contribution >= 4 is 11.8 Å². The van der Waals surface area contributed by atoms with E-state index < -0.39 is 11.9 Å². The molecule has 1 heterocycles. The summed E-state index contributed by atoms with van der Waals surface area (Å²) in [5, 5.41) is 0. The molecule has 0 aliphatic heterocycles. The van der Waals surface area contributed by atoms with E-state index in [1.54, 1.807) is 11.9 Å². The molecule has 1 aliphatic carbocycles. The average molecular weight is 289 g/mol. The van der Waals surface area contributed by atoms with Crippen LogP contribution in [0.25, 0.3) is 0 Å². The normalized spacial score (nSPS) is 16.4. The van der Waals surface area contributed by atoms with Gasteiger partial charge in [-0.05, 0) is 18.8 Å². The highest BCUT2D eigenvalue weighted by molar-refractivity contribution is 5.44. The lowest BCUT2D eigenvalue weighted by atomic mass is 10.1. The second kappa shape index (κ2) is 5.82. The lowest BCUT2D eigenvalue weighted by molar-refractivity contribution is -0.141. The molecule has 2 rings (SSSR count). The molecule has 0 aromatic carbocycles. The molecule has 112 valence electrons. The molecule has 0 unspecified atom stereocenters. The van der Waals surface area contributed by atoms with Crippen LogP contribution in [0.2, 0.25) is 0 Å². The van der Waals surface area contributed by atoms with E-state index in [4.69, 9.17) is 5.84 Å². The fourth-order valence-corrected chi connectivity index (χ4v) is 2.51. The van der Waals surface area contributed by atoms with Gasteiger partial charge in [-0.3, -0.25) is 5.43 Å². The van der Waals surface area contributed by atoms with Crippen LogP contribution in [-0.2, 0) is 6.18 Å². The Morgan fingerprint density at radius 1 is 1.35 bits per heavy atom. The number of halogens is 3. The van der Waals surface area contributed by atoms with Crippen molar-refractivity contribution in [2.75, 3.05) is 23.9 Å². The minimum Gasteiger partial charge on any atom is -0.359 e. The number of nitrogens with one attached hydrogen (secondary N) is 1. The third kappa shape index (κ3) is 3.50. The molecule has 1 fully saturated rings. The number of hydrazine groups is 1. The van der Waals surface area contributed by atoms with Gasteiger partial charge in [0.2, 0.25) is 5.95 Å². The predicted molar refractivity (Wildman–Crippen MR) is 70.1 cm³/mol. The molecular weight excluding hydrogens is 271 g/mol. The van der Waals surface area contributed by atoms with Crippen molar-refractivity contribution < 1.29 is 13.2 Å². The van der Waals surface area contributed by atoms with E-state index in [9.17, 15) is 13.2 Å². The Morgan fingerprint density at radius 3 is 2.55 bits per heavy atom. The SMILES string of the molecule is CN(CC1CCCC1)c1cc(C(F)(F)F)nc(NN)n1. The zero-order chi connectivity index (χ0) is 14.8. The van der Waals surface area contributed by atoms with Crippen molar-refractivity contribution in [2.45, 2.75) is 31.9 Å². The first-order valence-corrected chi connectivity index (χ1v) is 6.54. The number of hydrogen-bond acceptors (Lipinski definition) is 5. The standard InChI is InChI=1S/C12H18F3N5/c1-20(7-8-4-2-3-5-8)10-6-9(12(13,14)15)17-11(18-10)19-16/h6,8H,2-5,7,16H2,1H3,(H,17,18,19). The highest BCUT2D eigenvalue weighted by atomic mass is 19.4. The monoisotopic (exact) mass is 289 g/mol. The quantitative estimate of drug-likeness (QED) is 0.658. The molecule has 0 atom stereocenters. The molecule has 3 N–H and O–H groups in total. The molecule has 0 saturated heterocycles. The van der Waals surface area contributed by atoms with Crippen LogP contribution < -0.4 is 16.2 Å². The number of nitrogen functional groups attached to an aromatic ring is 1. The van der Waals surface area contributed by atoms with Crippen LogP contribution in [-0.4, -0.2) is 23.6 Å². The fraction of sp³-hybridized carbons (Fsp3) is 0.667. The Balaban J connectivity index is 2.20.